The summed E-state index contributed by atoms with van der Waals surface area (Å²) in [5.41, 5.74) is 2.16. The lowest BCUT2D eigenvalue weighted by Gasteiger charge is -2.14. The fraction of sp³-hybridized carbons (Fsp3) is 0.182. The fourth-order valence-electron chi connectivity index (χ4n) is 3.19. The number of carbonyl (C=O) groups is 1. The largest absolute Gasteiger partial charge is 0.350 e. The van der Waals surface area contributed by atoms with E-state index in [9.17, 15) is 9.59 Å². The van der Waals surface area contributed by atoms with Gasteiger partial charge in [-0.25, -0.2) is 4.98 Å². The summed E-state index contributed by atoms with van der Waals surface area (Å²) in [6, 6.07) is 18.9. The number of carbonyl (C=O) groups excluding carboxylic acids is 1. The van der Waals surface area contributed by atoms with E-state index in [0.29, 0.717) is 11.1 Å². The molecule has 0 aliphatic rings. The summed E-state index contributed by atoms with van der Waals surface area (Å²) in [7, 11) is 0. The van der Waals surface area contributed by atoms with E-state index in [-0.39, 0.29) is 36.2 Å². The van der Waals surface area contributed by atoms with E-state index >= 15 is 0 Å². The summed E-state index contributed by atoms with van der Waals surface area (Å²) < 4.78 is 6.63. The maximum atomic E-state index is 12.9. The van der Waals surface area contributed by atoms with E-state index in [0.717, 1.165) is 11.1 Å². The Morgan fingerprint density at radius 2 is 1.79 bits per heavy atom. The second-order valence-electron chi connectivity index (χ2n) is 6.77. The van der Waals surface area contributed by atoms with E-state index in [1.165, 1.54) is 10.9 Å². The molecule has 1 atom stereocenters. The van der Waals surface area contributed by atoms with Crippen LogP contribution >= 0.6 is 0 Å². The van der Waals surface area contributed by atoms with Crippen LogP contribution < -0.4 is 10.9 Å². The van der Waals surface area contributed by atoms with E-state index < -0.39 is 0 Å². The van der Waals surface area contributed by atoms with Crippen molar-refractivity contribution in [3.63, 3.8) is 0 Å². The van der Waals surface area contributed by atoms with Gasteiger partial charge in [-0.05, 0) is 12.5 Å². The van der Waals surface area contributed by atoms with Crippen molar-refractivity contribution in [2.75, 3.05) is 0 Å². The number of benzene rings is 2. The molecule has 146 valence electrons. The molecule has 7 nitrogen and oxygen atoms in total. The first-order valence-corrected chi connectivity index (χ1v) is 9.38. The Morgan fingerprint density at radius 1 is 1.10 bits per heavy atom. The monoisotopic (exact) mass is 388 g/mol. The van der Waals surface area contributed by atoms with E-state index in [1.807, 2.05) is 67.6 Å². The van der Waals surface area contributed by atoms with Gasteiger partial charge in [0, 0.05) is 18.5 Å². The molecule has 0 spiro atoms. The molecule has 0 unspecified atom stereocenters. The molecule has 2 aromatic heterocycles. The average Bonchev–Trinajstić information content (AvgIpc) is 3.19. The number of amides is 1. The maximum Gasteiger partial charge on any atom is 0.266 e. The third-order valence-electron chi connectivity index (χ3n) is 4.77. The molecule has 1 amide bonds. The van der Waals surface area contributed by atoms with Gasteiger partial charge in [0.1, 0.15) is 17.4 Å². The molecule has 0 bridgehead atoms. The molecule has 4 rings (SSSR count). The summed E-state index contributed by atoms with van der Waals surface area (Å²) >= 11 is 0. The molecular weight excluding hydrogens is 368 g/mol. The average molecular weight is 388 g/mol. The Kier molecular flexibility index (Phi) is 5.20. The molecule has 0 fully saturated rings. The zero-order valence-corrected chi connectivity index (χ0v) is 15.9. The minimum atomic E-state index is -0.279. The SMILES string of the molecule is C[C@H](NC(=O)CCn1cnc2onc(-c3ccccc3)c2c1=O)c1ccccc1. The van der Waals surface area contributed by atoms with Gasteiger partial charge in [0.25, 0.3) is 11.3 Å². The number of hydrogen-bond acceptors (Lipinski definition) is 5. The Morgan fingerprint density at radius 3 is 2.52 bits per heavy atom. The Labute approximate surface area is 167 Å². The number of aromatic nitrogens is 3. The fourth-order valence-corrected chi connectivity index (χ4v) is 3.19. The zero-order chi connectivity index (χ0) is 20.2. The van der Waals surface area contributed by atoms with Gasteiger partial charge in [-0.2, -0.15) is 0 Å². The number of hydrogen-bond donors (Lipinski definition) is 1. The highest BCUT2D eigenvalue weighted by Gasteiger charge is 2.17. The van der Waals surface area contributed by atoms with Crippen molar-refractivity contribution >= 4 is 17.0 Å². The van der Waals surface area contributed by atoms with E-state index in [1.54, 1.807) is 0 Å². The van der Waals surface area contributed by atoms with Gasteiger partial charge in [0.2, 0.25) is 5.91 Å². The van der Waals surface area contributed by atoms with Crippen molar-refractivity contribution in [1.82, 2.24) is 20.0 Å². The first kappa shape index (κ1) is 18.6. The molecule has 4 aromatic rings. The molecule has 7 heteroatoms. The topological polar surface area (TPSA) is 90.0 Å². The van der Waals surface area contributed by atoms with Crippen LogP contribution in [0.3, 0.4) is 0 Å². The molecule has 2 aromatic carbocycles. The number of aryl methyl sites for hydroxylation is 1. The molecule has 0 aliphatic carbocycles. The van der Waals surface area contributed by atoms with Gasteiger partial charge in [0.05, 0.1) is 6.04 Å². The summed E-state index contributed by atoms with van der Waals surface area (Å²) in [6.45, 7) is 2.14. The predicted molar refractivity (Wildman–Crippen MR) is 109 cm³/mol. The first-order valence-electron chi connectivity index (χ1n) is 9.38. The van der Waals surface area contributed by atoms with Crippen LogP contribution in [0, 0.1) is 0 Å². The van der Waals surface area contributed by atoms with Crippen LogP contribution in [0.25, 0.3) is 22.4 Å². The minimum absolute atomic E-state index is 0.108. The molecule has 0 aliphatic heterocycles. The van der Waals surface area contributed by atoms with Crippen molar-refractivity contribution in [2.45, 2.75) is 25.9 Å². The van der Waals surface area contributed by atoms with Crippen LogP contribution in [0.4, 0.5) is 0 Å². The van der Waals surface area contributed by atoms with Crippen molar-refractivity contribution in [2.24, 2.45) is 0 Å². The smallest absolute Gasteiger partial charge is 0.266 e. The first-order chi connectivity index (χ1) is 14.1. The highest BCUT2D eigenvalue weighted by Crippen LogP contribution is 2.23. The van der Waals surface area contributed by atoms with Gasteiger partial charge in [-0.1, -0.05) is 65.8 Å². The van der Waals surface area contributed by atoms with Crippen molar-refractivity contribution in [3.8, 4) is 11.3 Å². The highest BCUT2D eigenvalue weighted by atomic mass is 16.5. The van der Waals surface area contributed by atoms with Crippen LogP contribution in [-0.2, 0) is 11.3 Å². The van der Waals surface area contributed by atoms with Crippen molar-refractivity contribution < 1.29 is 9.32 Å². The summed E-state index contributed by atoms with van der Waals surface area (Å²) in [4.78, 5) is 29.4. The number of nitrogens with one attached hydrogen (secondary N) is 1. The summed E-state index contributed by atoms with van der Waals surface area (Å²) in [5.74, 6) is -0.137. The maximum absolute atomic E-state index is 12.9. The molecule has 0 saturated heterocycles. The molecule has 0 saturated carbocycles. The number of rotatable bonds is 6. The zero-order valence-electron chi connectivity index (χ0n) is 15.9. The van der Waals surface area contributed by atoms with Gasteiger partial charge >= 0.3 is 0 Å². The highest BCUT2D eigenvalue weighted by molar-refractivity contribution is 5.88. The second-order valence-corrected chi connectivity index (χ2v) is 6.77. The number of fused-ring (bicyclic) bond motifs is 1. The third kappa shape index (κ3) is 3.94. The Hall–Kier alpha value is -3.74. The molecular formula is C22H20N4O3. The van der Waals surface area contributed by atoms with E-state index in [4.69, 9.17) is 4.52 Å². The molecule has 1 N–H and O–H groups in total. The van der Waals surface area contributed by atoms with Crippen molar-refractivity contribution in [3.05, 3.63) is 82.9 Å². The lowest BCUT2D eigenvalue weighted by Crippen LogP contribution is -2.29. The van der Waals surface area contributed by atoms with Gasteiger partial charge in [-0.15, -0.1) is 0 Å². The van der Waals surface area contributed by atoms with E-state index in [2.05, 4.69) is 15.5 Å². The Bertz CT molecular complexity index is 1180. The van der Waals surface area contributed by atoms with Crippen LogP contribution in [-0.4, -0.2) is 20.6 Å². The minimum Gasteiger partial charge on any atom is -0.350 e. The Balaban J connectivity index is 1.51. The van der Waals surface area contributed by atoms with Gasteiger partial charge in [-0.3, -0.25) is 14.2 Å². The third-order valence-corrected chi connectivity index (χ3v) is 4.77. The van der Waals surface area contributed by atoms with Crippen molar-refractivity contribution in [1.29, 1.82) is 0 Å². The van der Waals surface area contributed by atoms with Crippen LogP contribution in [0.5, 0.6) is 0 Å². The van der Waals surface area contributed by atoms with Gasteiger partial charge in [0.15, 0.2) is 0 Å². The quantitative estimate of drug-likeness (QED) is 0.547. The normalized spacial score (nSPS) is 12.0. The van der Waals surface area contributed by atoms with Crippen LogP contribution in [0.2, 0.25) is 0 Å². The van der Waals surface area contributed by atoms with Crippen LogP contribution in [0.1, 0.15) is 24.9 Å². The molecule has 29 heavy (non-hydrogen) atoms. The molecule has 2 heterocycles. The predicted octanol–water partition coefficient (Wildman–Crippen LogP) is 3.32. The standard InChI is InChI=1S/C22H20N4O3/c1-15(16-8-4-2-5-9-16)24-18(27)12-13-26-14-23-21-19(22(26)28)20(25-29-21)17-10-6-3-7-11-17/h2-11,14-15H,12-13H2,1H3,(H,24,27)/t15-/m0/s1. The van der Waals surface area contributed by atoms with Gasteiger partial charge < -0.3 is 9.84 Å². The lowest BCUT2D eigenvalue weighted by atomic mass is 10.1. The number of nitrogens with zero attached hydrogens (tertiary/aromatic N) is 3. The lowest BCUT2D eigenvalue weighted by molar-refractivity contribution is -0.121. The second kappa shape index (κ2) is 8.10. The summed E-state index contributed by atoms with van der Waals surface area (Å²) in [5, 5.41) is 7.27. The molecule has 0 radical (unpaired) electrons. The van der Waals surface area contributed by atoms with Crippen LogP contribution in [0.15, 0.2) is 76.3 Å². The summed E-state index contributed by atoms with van der Waals surface area (Å²) in [6.07, 6.45) is 1.55.